The van der Waals surface area contributed by atoms with E-state index in [1.54, 1.807) is 0 Å². The van der Waals surface area contributed by atoms with E-state index in [9.17, 15) is 4.79 Å². The summed E-state index contributed by atoms with van der Waals surface area (Å²) in [6, 6.07) is 0. The van der Waals surface area contributed by atoms with E-state index >= 15 is 0 Å². The van der Waals surface area contributed by atoms with Crippen molar-refractivity contribution in [1.29, 1.82) is 0 Å². The minimum Gasteiger partial charge on any atom is -0.465 e. The first-order valence-corrected chi connectivity index (χ1v) is 2.83. The highest BCUT2D eigenvalue weighted by molar-refractivity contribution is 5.64. The molecular weight excluding hydrogens is 120 g/mol. The zero-order valence-corrected chi connectivity index (χ0v) is 5.42. The van der Waals surface area contributed by atoms with Crippen molar-refractivity contribution in [3.63, 3.8) is 0 Å². The van der Waals surface area contributed by atoms with Gasteiger partial charge in [-0.2, -0.15) is 0 Å². The third-order valence-electron chi connectivity index (χ3n) is 1.00. The molecule has 4 nitrogen and oxygen atoms in total. The molecule has 0 aromatic carbocycles. The van der Waals surface area contributed by atoms with Crippen molar-refractivity contribution >= 4 is 6.09 Å². The van der Waals surface area contributed by atoms with Crippen LogP contribution in [-0.2, 0) is 0 Å². The van der Waals surface area contributed by atoms with Crippen molar-refractivity contribution in [3.05, 3.63) is 0 Å². The summed E-state index contributed by atoms with van der Waals surface area (Å²) in [5, 5.41) is 10.3. The van der Waals surface area contributed by atoms with Gasteiger partial charge in [-0.15, -0.1) is 0 Å². The van der Waals surface area contributed by atoms with Gasteiger partial charge in [-0.25, -0.2) is 4.79 Å². The molecule has 0 aliphatic heterocycles. The number of carboxylic acid groups (broad SMARTS) is 1. The van der Waals surface area contributed by atoms with Crippen molar-refractivity contribution in [3.8, 4) is 0 Å². The van der Waals surface area contributed by atoms with Crippen LogP contribution in [0.3, 0.4) is 0 Å². The summed E-state index contributed by atoms with van der Waals surface area (Å²) in [4.78, 5) is 9.87. The van der Waals surface area contributed by atoms with Gasteiger partial charge in [0.15, 0.2) is 0 Å². The molecule has 0 spiro atoms. The van der Waals surface area contributed by atoms with Crippen molar-refractivity contribution in [2.75, 3.05) is 13.1 Å². The van der Waals surface area contributed by atoms with Gasteiger partial charge in [0.1, 0.15) is 0 Å². The highest BCUT2D eigenvalue weighted by atomic mass is 16.4. The van der Waals surface area contributed by atoms with Crippen LogP contribution in [0.4, 0.5) is 4.79 Å². The molecule has 0 aliphatic rings. The van der Waals surface area contributed by atoms with Crippen LogP contribution in [0, 0.1) is 5.92 Å². The van der Waals surface area contributed by atoms with E-state index in [0.717, 1.165) is 0 Å². The van der Waals surface area contributed by atoms with Crippen molar-refractivity contribution in [2.24, 2.45) is 11.7 Å². The predicted molar refractivity (Wildman–Crippen MR) is 34.2 cm³/mol. The topological polar surface area (TPSA) is 75.3 Å². The fraction of sp³-hybridized carbons (Fsp3) is 0.800. The van der Waals surface area contributed by atoms with E-state index in [4.69, 9.17) is 10.8 Å². The molecule has 4 N–H and O–H groups in total. The molecule has 0 fully saturated rings. The molecule has 0 radical (unpaired) electrons. The maximum Gasteiger partial charge on any atom is 0.404 e. The summed E-state index contributed by atoms with van der Waals surface area (Å²) in [5.74, 6) is 0.223. The van der Waals surface area contributed by atoms with Gasteiger partial charge in [-0.1, -0.05) is 6.92 Å². The lowest BCUT2D eigenvalue weighted by atomic mass is 10.2. The Kier molecular flexibility index (Phi) is 3.79. The lowest BCUT2D eigenvalue weighted by Crippen LogP contribution is -2.29. The Bertz CT molecular complexity index is 95.0. The maximum absolute atomic E-state index is 9.87. The molecule has 0 saturated heterocycles. The molecule has 0 unspecified atom stereocenters. The summed E-state index contributed by atoms with van der Waals surface area (Å²) in [6.45, 7) is 2.84. The largest absolute Gasteiger partial charge is 0.465 e. The first-order chi connectivity index (χ1) is 4.16. The molecule has 54 valence electrons. The molecule has 0 rings (SSSR count). The number of carbonyl (C=O) groups is 1. The van der Waals surface area contributed by atoms with Crippen LogP contribution in [-0.4, -0.2) is 24.3 Å². The molecule has 1 amide bonds. The molecule has 0 aromatic heterocycles. The number of nitrogens with two attached hydrogens (primary N) is 1. The zero-order valence-electron chi connectivity index (χ0n) is 5.42. The van der Waals surface area contributed by atoms with Gasteiger partial charge in [0.05, 0.1) is 0 Å². The van der Waals surface area contributed by atoms with E-state index < -0.39 is 6.09 Å². The monoisotopic (exact) mass is 132 g/mol. The smallest absolute Gasteiger partial charge is 0.404 e. The molecule has 9 heavy (non-hydrogen) atoms. The number of rotatable bonds is 3. The van der Waals surface area contributed by atoms with Crippen molar-refractivity contribution < 1.29 is 9.90 Å². The summed E-state index contributed by atoms with van der Waals surface area (Å²) in [5.41, 5.74) is 5.23. The van der Waals surface area contributed by atoms with Crippen LogP contribution >= 0.6 is 0 Å². The molecular formula is C5H12N2O2. The van der Waals surface area contributed by atoms with Gasteiger partial charge in [0.25, 0.3) is 0 Å². The number of amides is 1. The Morgan fingerprint density at radius 1 is 1.89 bits per heavy atom. The van der Waals surface area contributed by atoms with Gasteiger partial charge in [0, 0.05) is 6.54 Å². The zero-order chi connectivity index (χ0) is 7.28. The quantitative estimate of drug-likeness (QED) is 0.499. The first-order valence-electron chi connectivity index (χ1n) is 2.83. The minimum absolute atomic E-state index is 0.223. The second kappa shape index (κ2) is 4.14. The highest BCUT2D eigenvalue weighted by Crippen LogP contribution is 1.85. The average molecular weight is 132 g/mol. The van der Waals surface area contributed by atoms with Crippen LogP contribution in [0.25, 0.3) is 0 Å². The van der Waals surface area contributed by atoms with Gasteiger partial charge in [0.2, 0.25) is 0 Å². The van der Waals surface area contributed by atoms with Crippen LogP contribution in [0.1, 0.15) is 6.92 Å². The average Bonchev–Trinajstić information content (AvgIpc) is 1.83. The minimum atomic E-state index is -0.990. The lowest BCUT2D eigenvalue weighted by Gasteiger charge is -2.05. The van der Waals surface area contributed by atoms with Crippen LogP contribution in [0.15, 0.2) is 0 Å². The molecule has 0 saturated carbocycles. The van der Waals surface area contributed by atoms with E-state index in [1.807, 2.05) is 6.92 Å². The normalized spacial score (nSPS) is 12.7. The molecule has 0 heterocycles. The van der Waals surface area contributed by atoms with Crippen molar-refractivity contribution in [1.82, 2.24) is 5.32 Å². The van der Waals surface area contributed by atoms with E-state index in [-0.39, 0.29) is 5.92 Å². The van der Waals surface area contributed by atoms with Crippen LogP contribution in [0.2, 0.25) is 0 Å². The van der Waals surface area contributed by atoms with Gasteiger partial charge in [-0.3, -0.25) is 0 Å². The maximum atomic E-state index is 9.87. The summed E-state index contributed by atoms with van der Waals surface area (Å²) >= 11 is 0. The second-order valence-corrected chi connectivity index (χ2v) is 2.03. The highest BCUT2D eigenvalue weighted by Gasteiger charge is 1.99. The Morgan fingerprint density at radius 3 is 2.78 bits per heavy atom. The Balaban J connectivity index is 3.16. The number of hydrogen-bond acceptors (Lipinski definition) is 2. The SMILES string of the molecule is C[C@@H](CN)CNC(=O)O. The van der Waals surface area contributed by atoms with Gasteiger partial charge in [-0.05, 0) is 12.5 Å². The Hall–Kier alpha value is -0.770. The van der Waals surface area contributed by atoms with Crippen molar-refractivity contribution in [2.45, 2.75) is 6.92 Å². The molecule has 0 aromatic rings. The number of nitrogens with one attached hydrogen (secondary N) is 1. The second-order valence-electron chi connectivity index (χ2n) is 2.03. The lowest BCUT2D eigenvalue weighted by molar-refractivity contribution is 0.193. The Morgan fingerprint density at radius 2 is 2.44 bits per heavy atom. The Labute approximate surface area is 54.0 Å². The van der Waals surface area contributed by atoms with E-state index in [1.165, 1.54) is 0 Å². The summed E-state index contributed by atoms with van der Waals surface area (Å²) in [7, 11) is 0. The molecule has 4 heteroatoms. The fourth-order valence-electron chi connectivity index (χ4n) is 0.345. The number of hydrogen-bond donors (Lipinski definition) is 3. The fourth-order valence-corrected chi connectivity index (χ4v) is 0.345. The van der Waals surface area contributed by atoms with Crippen LogP contribution < -0.4 is 11.1 Å². The first kappa shape index (κ1) is 8.23. The summed E-state index contributed by atoms with van der Waals surface area (Å²) in [6.07, 6.45) is -0.990. The standard InChI is InChI=1S/C5H12N2O2/c1-4(2-6)3-7-5(8)9/h4,7H,2-3,6H2,1H3,(H,8,9)/t4-/m0/s1. The molecule has 0 aliphatic carbocycles. The van der Waals surface area contributed by atoms with Crippen LogP contribution in [0.5, 0.6) is 0 Å². The third kappa shape index (κ3) is 5.10. The third-order valence-corrected chi connectivity index (χ3v) is 1.00. The van der Waals surface area contributed by atoms with Gasteiger partial charge < -0.3 is 16.2 Å². The predicted octanol–water partition coefficient (Wildman–Crippen LogP) is -0.151. The molecule has 0 bridgehead atoms. The van der Waals surface area contributed by atoms with E-state index in [2.05, 4.69) is 5.32 Å². The van der Waals surface area contributed by atoms with Gasteiger partial charge >= 0.3 is 6.09 Å². The van der Waals surface area contributed by atoms with E-state index in [0.29, 0.717) is 13.1 Å². The molecule has 1 atom stereocenters. The summed E-state index contributed by atoms with van der Waals surface area (Å²) < 4.78 is 0.